The van der Waals surface area contributed by atoms with Crippen LogP contribution in [0.3, 0.4) is 0 Å². The van der Waals surface area contributed by atoms with E-state index in [-0.39, 0.29) is 10.1 Å². The molecule has 3 aromatic carbocycles. The number of aromatic nitrogens is 3. The second-order valence-corrected chi connectivity index (χ2v) is 10.2. The Morgan fingerprint density at radius 1 is 1.05 bits per heavy atom. The van der Waals surface area contributed by atoms with Crippen molar-refractivity contribution in [2.24, 2.45) is 0 Å². The Labute approximate surface area is 242 Å². The zero-order chi connectivity index (χ0) is 27.9. The third kappa shape index (κ3) is 7.25. The molecule has 39 heavy (non-hydrogen) atoms. The molecule has 0 radical (unpaired) electrons. The minimum Gasteiger partial charge on any atom is -0.497 e. The van der Waals surface area contributed by atoms with E-state index in [4.69, 9.17) is 30.5 Å². The second kappa shape index (κ2) is 12.9. The molecule has 4 aromatic rings. The molecule has 0 saturated heterocycles. The summed E-state index contributed by atoms with van der Waals surface area (Å²) in [5.41, 5.74) is 2.19. The first-order chi connectivity index (χ1) is 18.8. The van der Waals surface area contributed by atoms with Crippen LogP contribution in [-0.2, 0) is 11.4 Å². The molecule has 202 valence electrons. The number of aliphatic carboxylic acids is 1. The van der Waals surface area contributed by atoms with E-state index < -0.39 is 5.97 Å². The molecule has 0 fully saturated rings. The number of nitrogens with zero attached hydrogens (tertiary/aromatic N) is 2. The van der Waals surface area contributed by atoms with Crippen LogP contribution < -0.4 is 18.9 Å². The number of H-pyrrole nitrogens is 1. The van der Waals surface area contributed by atoms with Gasteiger partial charge in [-0.05, 0) is 81.3 Å². The van der Waals surface area contributed by atoms with Gasteiger partial charge in [0.05, 0.1) is 25.8 Å². The molecule has 0 unspecified atom stereocenters. The number of ether oxygens (including phenoxy) is 4. The van der Waals surface area contributed by atoms with Crippen molar-refractivity contribution in [1.29, 1.82) is 0 Å². The van der Waals surface area contributed by atoms with Crippen LogP contribution in [0.15, 0.2) is 69.1 Å². The maximum atomic E-state index is 12.1. The van der Waals surface area contributed by atoms with Gasteiger partial charge in [0.25, 0.3) is 0 Å². The van der Waals surface area contributed by atoms with Crippen LogP contribution in [0.4, 0.5) is 0 Å². The number of nitrogens with one attached hydrogen (secondary N) is 1. The summed E-state index contributed by atoms with van der Waals surface area (Å²) in [6, 6.07) is 16.0. The van der Waals surface area contributed by atoms with Crippen molar-refractivity contribution in [1.82, 2.24) is 15.2 Å². The molecule has 0 aliphatic heterocycles. The van der Waals surface area contributed by atoms with Gasteiger partial charge in [0, 0.05) is 16.7 Å². The highest BCUT2D eigenvalue weighted by atomic mass is 79.9. The van der Waals surface area contributed by atoms with E-state index in [0.29, 0.717) is 56.1 Å². The van der Waals surface area contributed by atoms with Crippen LogP contribution in [-0.4, -0.2) is 47.6 Å². The third-order valence-corrected chi connectivity index (χ3v) is 7.07. The monoisotopic (exact) mass is 631 g/mol. The largest absolute Gasteiger partial charge is 0.497 e. The van der Waals surface area contributed by atoms with Gasteiger partial charge in [-0.1, -0.05) is 23.7 Å². The van der Waals surface area contributed by atoms with Gasteiger partial charge in [-0.2, -0.15) is 0 Å². The van der Waals surface area contributed by atoms with Gasteiger partial charge in [0.15, 0.2) is 17.3 Å². The fourth-order valence-electron chi connectivity index (χ4n) is 3.45. The molecule has 1 aromatic heterocycles. The van der Waals surface area contributed by atoms with Crippen LogP contribution in [0.1, 0.15) is 11.1 Å². The fraction of sp³-hybridized carbons (Fsp3) is 0.148. The first-order valence-electron chi connectivity index (χ1n) is 11.3. The molecule has 12 heteroatoms. The number of halogens is 2. The molecule has 0 aliphatic carbocycles. The molecular formula is C27H23BrClN3O6S. The lowest BCUT2D eigenvalue weighted by atomic mass is 10.2. The van der Waals surface area contributed by atoms with Crippen molar-refractivity contribution in [2.45, 2.75) is 11.8 Å². The Hall–Kier alpha value is -3.67. The zero-order valence-electron chi connectivity index (χ0n) is 21.0. The van der Waals surface area contributed by atoms with Crippen LogP contribution in [0.5, 0.6) is 23.0 Å². The molecule has 0 bridgehead atoms. The second-order valence-electron chi connectivity index (χ2n) is 7.93. The van der Waals surface area contributed by atoms with E-state index in [0.717, 1.165) is 17.3 Å². The van der Waals surface area contributed by atoms with Crippen LogP contribution in [0.25, 0.3) is 17.5 Å². The number of hydrogen-bond acceptors (Lipinski definition) is 8. The van der Waals surface area contributed by atoms with Crippen molar-refractivity contribution in [3.63, 3.8) is 0 Å². The highest BCUT2D eigenvalue weighted by Crippen LogP contribution is 2.39. The zero-order valence-corrected chi connectivity index (χ0v) is 24.2. The Balaban J connectivity index is 1.56. The topological polar surface area (TPSA) is 116 Å². The number of carbonyl (C=O) groups is 1. The quantitative estimate of drug-likeness (QED) is 0.137. The number of aromatic amines is 1. The lowest BCUT2D eigenvalue weighted by Gasteiger charge is -2.14. The molecule has 4 rings (SSSR count). The predicted molar refractivity (Wildman–Crippen MR) is 153 cm³/mol. The summed E-state index contributed by atoms with van der Waals surface area (Å²) in [5.74, 6) is 1.40. The van der Waals surface area contributed by atoms with Crippen LogP contribution >= 0.6 is 39.3 Å². The van der Waals surface area contributed by atoms with Gasteiger partial charge in [0.2, 0.25) is 5.16 Å². The van der Waals surface area contributed by atoms with E-state index in [2.05, 4.69) is 31.1 Å². The summed E-state index contributed by atoms with van der Waals surface area (Å²) in [6.45, 7) is 0.296. The maximum absolute atomic E-state index is 12.1. The Morgan fingerprint density at radius 3 is 2.36 bits per heavy atom. The summed E-state index contributed by atoms with van der Waals surface area (Å²) >= 11 is 10.4. The smallest absolute Gasteiger partial charge is 0.342 e. The minimum absolute atomic E-state index is 0.00700. The van der Waals surface area contributed by atoms with Gasteiger partial charge >= 0.3 is 5.97 Å². The number of rotatable bonds is 11. The maximum Gasteiger partial charge on any atom is 0.342 e. The molecule has 9 nitrogen and oxygen atoms in total. The molecule has 2 N–H and O–H groups in total. The molecule has 0 saturated carbocycles. The molecule has 0 amide bonds. The van der Waals surface area contributed by atoms with E-state index in [9.17, 15) is 9.90 Å². The van der Waals surface area contributed by atoms with Crippen molar-refractivity contribution < 1.29 is 28.8 Å². The lowest BCUT2D eigenvalue weighted by Crippen LogP contribution is -2.00. The molecular weight excluding hydrogens is 610 g/mol. The number of carboxylic acids is 1. The Morgan fingerprint density at radius 2 is 1.74 bits per heavy atom. The summed E-state index contributed by atoms with van der Waals surface area (Å²) < 4.78 is 22.7. The first kappa shape index (κ1) is 28.3. The van der Waals surface area contributed by atoms with Crippen molar-refractivity contribution in [3.8, 4) is 34.4 Å². The van der Waals surface area contributed by atoms with Gasteiger partial charge in [-0.3, -0.25) is 5.10 Å². The summed E-state index contributed by atoms with van der Waals surface area (Å²) in [6.07, 6.45) is 1.51. The fourth-order valence-corrected chi connectivity index (χ4v) is 4.86. The van der Waals surface area contributed by atoms with Crippen molar-refractivity contribution in [3.05, 3.63) is 80.1 Å². The van der Waals surface area contributed by atoms with E-state index in [1.54, 1.807) is 56.7 Å². The van der Waals surface area contributed by atoms with E-state index >= 15 is 0 Å². The minimum atomic E-state index is -1.13. The first-order valence-corrected chi connectivity index (χ1v) is 13.3. The van der Waals surface area contributed by atoms with Gasteiger partial charge in [0.1, 0.15) is 23.0 Å². The average molecular weight is 633 g/mol. The lowest BCUT2D eigenvalue weighted by molar-refractivity contribution is -0.131. The Kier molecular flexibility index (Phi) is 9.39. The molecule has 0 spiro atoms. The van der Waals surface area contributed by atoms with Crippen molar-refractivity contribution >= 4 is 51.3 Å². The van der Waals surface area contributed by atoms with Crippen molar-refractivity contribution in [2.75, 3.05) is 21.3 Å². The predicted octanol–water partition coefficient (Wildman–Crippen LogP) is 6.71. The standard InChI is InChI=1S/C27H23BrClN3O6S/c1-35-19-11-17(12-20(13-19)36-2)25-30-27(32-31-25)39-23(26(33)34)10-16-8-21(28)24(22(9-16)37-3)38-14-15-4-6-18(29)7-5-15/h4-13H,14H2,1-3H3,(H,33,34)(H,30,31,32)/b23-10-. The van der Waals surface area contributed by atoms with E-state index in [1.807, 2.05) is 12.1 Å². The number of carboxylic acid groups (broad SMARTS) is 1. The highest BCUT2D eigenvalue weighted by molar-refractivity contribution is 9.10. The number of methoxy groups -OCH3 is 3. The molecule has 0 aliphatic rings. The normalized spacial score (nSPS) is 11.3. The third-order valence-electron chi connectivity index (χ3n) is 5.35. The Bertz CT molecular complexity index is 1490. The van der Waals surface area contributed by atoms with Gasteiger partial charge < -0.3 is 24.1 Å². The van der Waals surface area contributed by atoms with E-state index in [1.165, 1.54) is 13.2 Å². The molecule has 0 atom stereocenters. The summed E-state index contributed by atoms with van der Waals surface area (Å²) in [7, 11) is 4.62. The average Bonchev–Trinajstić information content (AvgIpc) is 3.41. The van der Waals surface area contributed by atoms with Crippen LogP contribution in [0, 0.1) is 0 Å². The SMILES string of the molecule is COc1cc(OC)cc(-c2nc(S/C(=C\c3cc(Br)c(OCc4ccc(Cl)cc4)c(OC)c3)C(=O)O)n[nH]2)c1. The number of thioether (sulfide) groups is 1. The van der Waals surface area contributed by atoms with Gasteiger partial charge in [-0.15, -0.1) is 5.10 Å². The van der Waals surface area contributed by atoms with Gasteiger partial charge in [-0.25, -0.2) is 9.78 Å². The summed E-state index contributed by atoms with van der Waals surface area (Å²) in [5, 5.41) is 17.7. The molecule has 1 heterocycles. The highest BCUT2D eigenvalue weighted by Gasteiger charge is 2.17. The number of hydrogen-bond donors (Lipinski definition) is 2. The van der Waals surface area contributed by atoms with Crippen LogP contribution in [0.2, 0.25) is 5.02 Å². The summed E-state index contributed by atoms with van der Waals surface area (Å²) in [4.78, 5) is 16.5. The number of benzene rings is 3.